The molecule has 28 heavy (non-hydrogen) atoms. The number of hydrogen-bond acceptors (Lipinski definition) is 4. The number of hydrogen-bond donors (Lipinski definition) is 1. The minimum absolute atomic E-state index is 0.161. The molecule has 0 aliphatic carbocycles. The molecule has 1 N–H and O–H groups in total. The van der Waals surface area contributed by atoms with E-state index in [9.17, 15) is 9.59 Å². The molecule has 140 valence electrons. The number of rotatable bonds is 6. The molecule has 5 nitrogen and oxygen atoms in total. The van der Waals surface area contributed by atoms with Crippen molar-refractivity contribution in [3.63, 3.8) is 0 Å². The number of nitrogens with zero attached hydrogens (tertiary/aromatic N) is 1. The monoisotopic (exact) mass is 372 g/mol. The Morgan fingerprint density at radius 1 is 0.964 bits per heavy atom. The van der Waals surface area contributed by atoms with Crippen LogP contribution in [0.1, 0.15) is 23.6 Å². The molecule has 0 unspecified atom stereocenters. The minimum atomic E-state index is -0.295. The van der Waals surface area contributed by atoms with E-state index in [2.05, 4.69) is 10.3 Å². The van der Waals surface area contributed by atoms with Gasteiger partial charge < -0.3 is 10.1 Å². The molecule has 0 atom stereocenters. The molecule has 1 heterocycles. The van der Waals surface area contributed by atoms with Crippen LogP contribution in [0.3, 0.4) is 0 Å². The summed E-state index contributed by atoms with van der Waals surface area (Å²) in [6.07, 6.45) is 5.73. The summed E-state index contributed by atoms with van der Waals surface area (Å²) in [7, 11) is 0. The first-order valence-corrected chi connectivity index (χ1v) is 8.85. The number of esters is 1. The maximum atomic E-state index is 12.0. The lowest BCUT2D eigenvalue weighted by molar-refractivity contribution is -0.133. The fraction of sp³-hybridized carbons (Fsp3) is 0.0870. The lowest BCUT2D eigenvalue weighted by Crippen LogP contribution is -2.11. The number of pyridine rings is 1. The van der Waals surface area contributed by atoms with E-state index in [0.717, 1.165) is 16.7 Å². The van der Waals surface area contributed by atoms with Crippen molar-refractivity contribution in [2.24, 2.45) is 0 Å². The SMILES string of the molecule is CC(=O)Nc1cc(/C=C/c2ccc(OC(=O)Cc3ccccc3)cc2)ccn1. The Morgan fingerprint density at radius 3 is 2.39 bits per heavy atom. The first-order chi connectivity index (χ1) is 13.6. The van der Waals surface area contributed by atoms with E-state index in [1.54, 1.807) is 24.4 Å². The summed E-state index contributed by atoms with van der Waals surface area (Å²) >= 11 is 0. The quantitative estimate of drug-likeness (QED) is 0.516. The van der Waals surface area contributed by atoms with E-state index in [4.69, 9.17) is 4.74 Å². The summed E-state index contributed by atoms with van der Waals surface area (Å²) in [5.74, 6) is 0.563. The molecule has 3 aromatic rings. The third kappa shape index (κ3) is 5.92. The lowest BCUT2D eigenvalue weighted by Gasteiger charge is -2.05. The summed E-state index contributed by atoms with van der Waals surface area (Å²) in [6, 6.07) is 20.4. The highest BCUT2D eigenvalue weighted by molar-refractivity contribution is 5.88. The van der Waals surface area contributed by atoms with Gasteiger partial charge in [-0.25, -0.2) is 4.98 Å². The van der Waals surface area contributed by atoms with Gasteiger partial charge in [-0.2, -0.15) is 0 Å². The zero-order valence-corrected chi connectivity index (χ0v) is 15.5. The highest BCUT2D eigenvalue weighted by atomic mass is 16.5. The van der Waals surface area contributed by atoms with Gasteiger partial charge in [-0.15, -0.1) is 0 Å². The molecule has 0 saturated heterocycles. The molecule has 3 rings (SSSR count). The largest absolute Gasteiger partial charge is 0.426 e. The molecule has 0 spiro atoms. The molecule has 0 radical (unpaired) electrons. The van der Waals surface area contributed by atoms with Gasteiger partial charge in [0.15, 0.2) is 0 Å². The zero-order chi connectivity index (χ0) is 19.8. The van der Waals surface area contributed by atoms with E-state index in [0.29, 0.717) is 11.6 Å². The number of carbonyl (C=O) groups is 2. The van der Waals surface area contributed by atoms with Crippen LogP contribution in [0.4, 0.5) is 5.82 Å². The second kappa shape index (κ2) is 9.28. The van der Waals surface area contributed by atoms with Crippen molar-refractivity contribution in [1.29, 1.82) is 0 Å². The molecule has 0 fully saturated rings. The van der Waals surface area contributed by atoms with Crippen LogP contribution in [-0.2, 0) is 16.0 Å². The van der Waals surface area contributed by atoms with Gasteiger partial charge in [0, 0.05) is 13.1 Å². The molecule has 0 aliphatic heterocycles. The number of aromatic nitrogens is 1. The number of amides is 1. The van der Waals surface area contributed by atoms with E-state index in [1.165, 1.54) is 6.92 Å². The van der Waals surface area contributed by atoms with Crippen LogP contribution in [0.25, 0.3) is 12.2 Å². The number of ether oxygens (including phenoxy) is 1. The lowest BCUT2D eigenvalue weighted by atomic mass is 10.1. The normalized spacial score (nSPS) is 10.6. The predicted molar refractivity (Wildman–Crippen MR) is 110 cm³/mol. The van der Waals surface area contributed by atoms with E-state index in [1.807, 2.05) is 60.7 Å². The van der Waals surface area contributed by atoms with Crippen molar-refractivity contribution in [2.45, 2.75) is 13.3 Å². The van der Waals surface area contributed by atoms with Crippen LogP contribution in [0.15, 0.2) is 72.9 Å². The van der Waals surface area contributed by atoms with Crippen LogP contribution in [0.5, 0.6) is 5.75 Å². The van der Waals surface area contributed by atoms with Gasteiger partial charge in [-0.1, -0.05) is 54.6 Å². The van der Waals surface area contributed by atoms with E-state index >= 15 is 0 Å². The molecule has 0 aliphatic rings. The number of anilines is 1. The van der Waals surface area contributed by atoms with Crippen LogP contribution < -0.4 is 10.1 Å². The maximum absolute atomic E-state index is 12.0. The van der Waals surface area contributed by atoms with Crippen molar-refractivity contribution in [3.05, 3.63) is 89.6 Å². The Kier molecular flexibility index (Phi) is 6.31. The summed E-state index contributed by atoms with van der Waals surface area (Å²) in [5, 5.41) is 2.65. The molecular formula is C23H20N2O3. The van der Waals surface area contributed by atoms with E-state index in [-0.39, 0.29) is 18.3 Å². The Bertz CT molecular complexity index is 980. The van der Waals surface area contributed by atoms with Gasteiger partial charge >= 0.3 is 5.97 Å². The Labute approximate surface area is 163 Å². The smallest absolute Gasteiger partial charge is 0.315 e. The number of carbonyl (C=O) groups excluding carboxylic acids is 2. The predicted octanol–water partition coefficient (Wildman–Crippen LogP) is 4.36. The summed E-state index contributed by atoms with van der Waals surface area (Å²) < 4.78 is 5.38. The molecule has 2 aromatic carbocycles. The van der Waals surface area contributed by atoms with Gasteiger partial charge in [-0.3, -0.25) is 9.59 Å². The second-order valence-corrected chi connectivity index (χ2v) is 6.19. The first-order valence-electron chi connectivity index (χ1n) is 8.85. The van der Waals surface area contributed by atoms with Crippen molar-refractivity contribution in [3.8, 4) is 5.75 Å². The van der Waals surface area contributed by atoms with Crippen molar-refractivity contribution in [2.75, 3.05) is 5.32 Å². The highest BCUT2D eigenvalue weighted by Crippen LogP contribution is 2.16. The average molecular weight is 372 g/mol. The topological polar surface area (TPSA) is 68.3 Å². The van der Waals surface area contributed by atoms with Crippen molar-refractivity contribution in [1.82, 2.24) is 4.98 Å². The van der Waals surface area contributed by atoms with Crippen LogP contribution in [-0.4, -0.2) is 16.9 Å². The van der Waals surface area contributed by atoms with Crippen molar-refractivity contribution < 1.29 is 14.3 Å². The fourth-order valence-corrected chi connectivity index (χ4v) is 2.57. The van der Waals surface area contributed by atoms with Gasteiger partial charge in [0.2, 0.25) is 5.91 Å². The first kappa shape index (κ1) is 19.0. The maximum Gasteiger partial charge on any atom is 0.315 e. The Balaban J connectivity index is 1.59. The Morgan fingerprint density at radius 2 is 1.68 bits per heavy atom. The number of nitrogens with one attached hydrogen (secondary N) is 1. The summed E-state index contributed by atoms with van der Waals surface area (Å²) in [4.78, 5) is 27.2. The zero-order valence-electron chi connectivity index (χ0n) is 15.5. The van der Waals surface area contributed by atoms with Gasteiger partial charge in [0.25, 0.3) is 0 Å². The third-order valence-corrected chi connectivity index (χ3v) is 3.86. The second-order valence-electron chi connectivity index (χ2n) is 6.19. The molecule has 0 saturated carbocycles. The van der Waals surface area contributed by atoms with Crippen LogP contribution in [0.2, 0.25) is 0 Å². The average Bonchev–Trinajstić information content (AvgIpc) is 2.68. The van der Waals surface area contributed by atoms with E-state index < -0.39 is 0 Å². The fourth-order valence-electron chi connectivity index (χ4n) is 2.57. The molecule has 1 amide bonds. The number of benzene rings is 2. The minimum Gasteiger partial charge on any atom is -0.426 e. The summed E-state index contributed by atoms with van der Waals surface area (Å²) in [5.41, 5.74) is 2.79. The van der Waals surface area contributed by atoms with Crippen LogP contribution in [0, 0.1) is 0 Å². The van der Waals surface area contributed by atoms with Crippen LogP contribution >= 0.6 is 0 Å². The molecule has 5 heteroatoms. The van der Waals surface area contributed by atoms with Gasteiger partial charge in [0.05, 0.1) is 6.42 Å². The summed E-state index contributed by atoms with van der Waals surface area (Å²) in [6.45, 7) is 1.44. The highest BCUT2D eigenvalue weighted by Gasteiger charge is 2.06. The van der Waals surface area contributed by atoms with Gasteiger partial charge in [0.1, 0.15) is 11.6 Å². The standard InChI is InChI=1S/C23H20N2O3/c1-17(26)25-22-15-20(13-14-24-22)8-7-18-9-11-21(12-10-18)28-23(27)16-19-5-3-2-4-6-19/h2-15H,16H2,1H3,(H,24,25,26)/b8-7+. The third-order valence-electron chi connectivity index (χ3n) is 3.86. The van der Waals surface area contributed by atoms with Crippen molar-refractivity contribution >= 4 is 29.8 Å². The molecule has 1 aromatic heterocycles. The van der Waals surface area contributed by atoms with Gasteiger partial charge in [-0.05, 0) is 41.0 Å². The molecule has 0 bridgehead atoms. The Hall–Kier alpha value is -3.73. The molecular weight excluding hydrogens is 352 g/mol.